The molecule has 1 aromatic rings. The highest BCUT2D eigenvalue weighted by atomic mass is 79.9. The molecular formula is C18H15BrN2O3. The summed E-state index contributed by atoms with van der Waals surface area (Å²) in [4.78, 5) is 25.5. The molecule has 3 aliphatic carbocycles. The first-order valence-electron chi connectivity index (χ1n) is 8.11. The molecule has 4 atom stereocenters. The van der Waals surface area contributed by atoms with Gasteiger partial charge in [0.05, 0.1) is 18.1 Å². The van der Waals surface area contributed by atoms with E-state index in [9.17, 15) is 14.7 Å². The topological polar surface area (TPSA) is 70.0 Å². The molecule has 1 aliphatic heterocycles. The van der Waals surface area contributed by atoms with Crippen molar-refractivity contribution in [3.05, 3.63) is 40.4 Å². The molecule has 2 amide bonds. The second kappa shape index (κ2) is 4.57. The molecule has 2 bridgehead atoms. The zero-order chi connectivity index (χ0) is 16.6. The molecule has 5 rings (SSSR count). The summed E-state index contributed by atoms with van der Waals surface area (Å²) in [6.07, 6.45) is 7.89. The van der Waals surface area contributed by atoms with E-state index in [-0.39, 0.29) is 46.7 Å². The van der Waals surface area contributed by atoms with E-state index in [1.165, 1.54) is 12.3 Å². The summed E-state index contributed by atoms with van der Waals surface area (Å²) in [5.74, 6) is -0.434. The molecule has 24 heavy (non-hydrogen) atoms. The molecule has 1 heterocycles. The van der Waals surface area contributed by atoms with Gasteiger partial charge in [-0.05, 0) is 48.3 Å². The number of rotatable bonds is 2. The number of nitrogens with zero attached hydrogens (tertiary/aromatic N) is 2. The van der Waals surface area contributed by atoms with E-state index in [4.69, 9.17) is 0 Å². The third-order valence-electron chi connectivity index (χ3n) is 6.13. The van der Waals surface area contributed by atoms with Crippen molar-refractivity contribution in [1.82, 2.24) is 5.01 Å². The highest BCUT2D eigenvalue weighted by Crippen LogP contribution is 2.73. The third-order valence-corrected chi connectivity index (χ3v) is 6.62. The smallest absolute Gasteiger partial charge is 0.254 e. The largest absolute Gasteiger partial charge is 0.507 e. The lowest BCUT2D eigenvalue weighted by atomic mass is 9.85. The van der Waals surface area contributed by atoms with Crippen molar-refractivity contribution >= 4 is 34.0 Å². The van der Waals surface area contributed by atoms with Gasteiger partial charge in [-0.25, -0.2) is 0 Å². The molecule has 5 nitrogen and oxygen atoms in total. The number of halogens is 1. The standard InChI is InChI=1S/C18H15BrN2O3/c19-10-1-4-13(22)9(7-10)8-20-21-16(23)14-11-2-3-12(15(14)17(21)24)18(11)5-6-18/h1-4,7-8,11-12,14-15,22H,5-6H2/b20-8-/t11-,12-,14-,15-/m1/s1. The second-order valence-corrected chi connectivity index (χ2v) is 8.07. The van der Waals surface area contributed by atoms with Crippen LogP contribution in [-0.2, 0) is 9.59 Å². The fourth-order valence-electron chi connectivity index (χ4n) is 4.93. The minimum absolute atomic E-state index is 0.0555. The zero-order valence-electron chi connectivity index (χ0n) is 12.7. The van der Waals surface area contributed by atoms with Gasteiger partial charge in [0.25, 0.3) is 11.8 Å². The van der Waals surface area contributed by atoms with Gasteiger partial charge in [0.1, 0.15) is 5.75 Å². The Hall–Kier alpha value is -1.95. The second-order valence-electron chi connectivity index (χ2n) is 7.16. The third kappa shape index (κ3) is 1.67. The molecule has 0 aromatic heterocycles. The van der Waals surface area contributed by atoms with Crippen LogP contribution in [0.2, 0.25) is 0 Å². The summed E-state index contributed by atoms with van der Waals surface area (Å²) >= 11 is 3.33. The maximum atomic E-state index is 12.8. The lowest BCUT2D eigenvalue weighted by Gasteiger charge is -2.18. The Balaban J connectivity index is 1.45. The van der Waals surface area contributed by atoms with Gasteiger partial charge in [-0.15, -0.1) is 0 Å². The van der Waals surface area contributed by atoms with Crippen molar-refractivity contribution in [2.24, 2.45) is 34.2 Å². The Kier molecular flexibility index (Phi) is 2.74. The van der Waals surface area contributed by atoms with Crippen LogP contribution in [-0.4, -0.2) is 28.1 Å². The van der Waals surface area contributed by atoms with E-state index in [1.807, 2.05) is 0 Å². The average molecular weight is 387 g/mol. The minimum Gasteiger partial charge on any atom is -0.507 e. The predicted octanol–water partition coefficient (Wildman–Crippen LogP) is 2.69. The lowest BCUT2D eigenvalue weighted by molar-refractivity contribution is -0.141. The number of aromatic hydroxyl groups is 1. The Morgan fingerprint density at radius 3 is 2.38 bits per heavy atom. The van der Waals surface area contributed by atoms with Crippen molar-refractivity contribution in [2.45, 2.75) is 12.8 Å². The summed E-state index contributed by atoms with van der Waals surface area (Å²) in [5.41, 5.74) is 0.653. The minimum atomic E-state index is -0.247. The number of benzene rings is 1. The molecule has 3 fully saturated rings. The lowest BCUT2D eigenvalue weighted by Crippen LogP contribution is -2.30. The Morgan fingerprint density at radius 1 is 1.17 bits per heavy atom. The Labute approximate surface area is 147 Å². The van der Waals surface area contributed by atoms with Crippen molar-refractivity contribution in [2.75, 3.05) is 0 Å². The maximum Gasteiger partial charge on any atom is 0.254 e. The van der Waals surface area contributed by atoms with Crippen molar-refractivity contribution in [1.29, 1.82) is 0 Å². The molecule has 1 saturated heterocycles. The van der Waals surface area contributed by atoms with Crippen LogP contribution >= 0.6 is 15.9 Å². The van der Waals surface area contributed by atoms with Crippen molar-refractivity contribution < 1.29 is 14.7 Å². The van der Waals surface area contributed by atoms with Crippen LogP contribution in [0.15, 0.2) is 39.9 Å². The van der Waals surface area contributed by atoms with Crippen LogP contribution in [0.1, 0.15) is 18.4 Å². The first-order chi connectivity index (χ1) is 11.5. The van der Waals surface area contributed by atoms with E-state index in [0.717, 1.165) is 22.3 Å². The summed E-state index contributed by atoms with van der Waals surface area (Å²) in [5, 5.41) is 15.0. The number of carbonyl (C=O) groups excluding carboxylic acids is 2. The molecule has 1 N–H and O–H groups in total. The van der Waals surface area contributed by atoms with Gasteiger partial charge in [-0.2, -0.15) is 10.1 Å². The molecule has 0 unspecified atom stereocenters. The van der Waals surface area contributed by atoms with Crippen LogP contribution in [0.3, 0.4) is 0 Å². The van der Waals surface area contributed by atoms with Gasteiger partial charge in [0.2, 0.25) is 0 Å². The number of amides is 2. The van der Waals surface area contributed by atoms with E-state index in [2.05, 4.69) is 33.2 Å². The summed E-state index contributed by atoms with van der Waals surface area (Å²) < 4.78 is 0.788. The number of hydrogen-bond acceptors (Lipinski definition) is 4. The molecule has 122 valence electrons. The van der Waals surface area contributed by atoms with E-state index in [1.54, 1.807) is 12.1 Å². The van der Waals surface area contributed by atoms with Crippen LogP contribution in [0.4, 0.5) is 0 Å². The van der Waals surface area contributed by atoms with Gasteiger partial charge in [-0.3, -0.25) is 9.59 Å². The predicted molar refractivity (Wildman–Crippen MR) is 90.0 cm³/mol. The van der Waals surface area contributed by atoms with E-state index < -0.39 is 0 Å². The Morgan fingerprint density at radius 2 is 1.79 bits per heavy atom. The van der Waals surface area contributed by atoms with E-state index >= 15 is 0 Å². The first-order valence-corrected chi connectivity index (χ1v) is 8.91. The highest BCUT2D eigenvalue weighted by Gasteiger charge is 2.73. The number of carbonyl (C=O) groups is 2. The monoisotopic (exact) mass is 386 g/mol. The van der Waals surface area contributed by atoms with Crippen molar-refractivity contribution in [3.8, 4) is 5.75 Å². The molecule has 1 spiro atoms. The van der Waals surface area contributed by atoms with Gasteiger partial charge >= 0.3 is 0 Å². The number of phenolic OH excluding ortho intramolecular Hbond substituents is 1. The first kappa shape index (κ1) is 14.4. The molecule has 0 radical (unpaired) electrons. The van der Waals surface area contributed by atoms with Crippen molar-refractivity contribution in [3.63, 3.8) is 0 Å². The number of hydrazone groups is 1. The van der Waals surface area contributed by atoms with Crippen LogP contribution in [0, 0.1) is 29.1 Å². The number of allylic oxidation sites excluding steroid dienone is 2. The maximum absolute atomic E-state index is 12.8. The van der Waals surface area contributed by atoms with Crippen LogP contribution in [0.25, 0.3) is 0 Å². The van der Waals surface area contributed by atoms with Crippen LogP contribution in [0.5, 0.6) is 5.75 Å². The molecule has 6 heteroatoms. The highest BCUT2D eigenvalue weighted by molar-refractivity contribution is 9.10. The average Bonchev–Trinajstić information content (AvgIpc) is 3.16. The number of fused-ring (bicyclic) bond motifs is 3. The van der Waals surface area contributed by atoms with Gasteiger partial charge in [0.15, 0.2) is 0 Å². The van der Waals surface area contributed by atoms with Crippen LogP contribution < -0.4 is 0 Å². The van der Waals surface area contributed by atoms with Gasteiger partial charge in [0, 0.05) is 10.0 Å². The van der Waals surface area contributed by atoms with Gasteiger partial charge in [-0.1, -0.05) is 28.1 Å². The fraction of sp³-hybridized carbons (Fsp3) is 0.389. The number of hydrogen-bond donors (Lipinski definition) is 1. The molecule has 2 saturated carbocycles. The summed E-state index contributed by atoms with van der Waals surface area (Å²) in [6, 6.07) is 4.94. The zero-order valence-corrected chi connectivity index (χ0v) is 14.3. The summed E-state index contributed by atoms with van der Waals surface area (Å²) in [7, 11) is 0. The molecular weight excluding hydrogens is 372 g/mol. The van der Waals surface area contributed by atoms with Gasteiger partial charge < -0.3 is 5.11 Å². The normalized spacial score (nSPS) is 34.8. The SMILES string of the molecule is O=C1[C@H]2[C@H](C(=O)N1/N=C\c1cc(Br)ccc1O)[C@H]1C=C[C@H]2C12CC2. The van der Waals surface area contributed by atoms with E-state index in [0.29, 0.717) is 5.56 Å². The Bertz CT molecular complexity index is 809. The number of imide groups is 1. The molecule has 1 aromatic carbocycles. The number of phenols is 1. The summed E-state index contributed by atoms with van der Waals surface area (Å²) in [6.45, 7) is 0. The quantitative estimate of drug-likeness (QED) is 0.482. The fourth-order valence-corrected chi connectivity index (χ4v) is 5.30. The molecule has 4 aliphatic rings.